The lowest BCUT2D eigenvalue weighted by Crippen LogP contribution is -2.07. The van der Waals surface area contributed by atoms with E-state index < -0.39 is 0 Å². The Morgan fingerprint density at radius 3 is 2.78 bits per heavy atom. The molecule has 1 N–H and O–H groups in total. The summed E-state index contributed by atoms with van der Waals surface area (Å²) in [4.78, 5) is 16.3. The van der Waals surface area contributed by atoms with Crippen molar-refractivity contribution in [1.82, 2.24) is 25.0 Å². The molecule has 4 aromatic rings. The first-order valence-corrected chi connectivity index (χ1v) is 8.98. The smallest absolute Gasteiger partial charge is 0.250 e. The Labute approximate surface area is 159 Å². The van der Waals surface area contributed by atoms with E-state index in [1.165, 1.54) is 17.4 Å². The summed E-state index contributed by atoms with van der Waals surface area (Å²) < 4.78 is 1.78. The third-order valence-electron chi connectivity index (χ3n) is 3.70. The predicted molar refractivity (Wildman–Crippen MR) is 104 cm³/mol. The molecule has 7 nitrogen and oxygen atoms in total. The van der Waals surface area contributed by atoms with E-state index in [0.29, 0.717) is 5.13 Å². The van der Waals surface area contributed by atoms with Crippen LogP contribution in [-0.4, -0.2) is 30.9 Å². The molecule has 0 spiro atoms. The van der Waals surface area contributed by atoms with Gasteiger partial charge in [-0.25, -0.2) is 4.68 Å². The van der Waals surface area contributed by atoms with Gasteiger partial charge in [-0.3, -0.25) is 15.1 Å². The Hall–Kier alpha value is -3.65. The van der Waals surface area contributed by atoms with Crippen LogP contribution in [0.25, 0.3) is 23.0 Å². The number of pyridine rings is 1. The fraction of sp³-hybridized carbons (Fsp3) is 0. The van der Waals surface area contributed by atoms with E-state index in [0.717, 1.165) is 22.5 Å². The maximum atomic E-state index is 12.1. The second-order valence-corrected chi connectivity index (χ2v) is 6.35. The maximum Gasteiger partial charge on any atom is 0.250 e. The van der Waals surface area contributed by atoms with Crippen LogP contribution in [0.15, 0.2) is 72.6 Å². The molecule has 1 aromatic carbocycles. The SMILES string of the molecule is O=C(/C=C/c1cn(-c2ccccc2)nc1-c1cccnc1)Nc1nncs1. The Bertz CT molecular complexity index is 1060. The Morgan fingerprint density at radius 1 is 1.15 bits per heavy atom. The minimum atomic E-state index is -0.281. The summed E-state index contributed by atoms with van der Waals surface area (Å²) >= 11 is 1.26. The van der Waals surface area contributed by atoms with E-state index in [4.69, 9.17) is 0 Å². The van der Waals surface area contributed by atoms with Crippen molar-refractivity contribution in [3.05, 3.63) is 78.2 Å². The van der Waals surface area contributed by atoms with Gasteiger partial charge in [-0.15, -0.1) is 10.2 Å². The zero-order valence-electron chi connectivity index (χ0n) is 14.1. The van der Waals surface area contributed by atoms with Crippen LogP contribution < -0.4 is 5.32 Å². The summed E-state index contributed by atoms with van der Waals surface area (Å²) in [6.45, 7) is 0. The van der Waals surface area contributed by atoms with Crippen molar-refractivity contribution in [3.8, 4) is 16.9 Å². The van der Waals surface area contributed by atoms with Crippen LogP contribution in [-0.2, 0) is 4.79 Å². The van der Waals surface area contributed by atoms with Crippen molar-refractivity contribution in [1.29, 1.82) is 0 Å². The van der Waals surface area contributed by atoms with E-state index in [1.54, 1.807) is 28.7 Å². The zero-order chi connectivity index (χ0) is 18.5. The van der Waals surface area contributed by atoms with Gasteiger partial charge in [0.05, 0.1) is 5.69 Å². The summed E-state index contributed by atoms with van der Waals surface area (Å²) in [5, 5.41) is 15.3. The minimum Gasteiger partial charge on any atom is -0.297 e. The average molecular weight is 374 g/mol. The molecule has 0 aliphatic heterocycles. The number of nitrogens with one attached hydrogen (secondary N) is 1. The van der Waals surface area contributed by atoms with Gasteiger partial charge in [-0.1, -0.05) is 29.5 Å². The van der Waals surface area contributed by atoms with Crippen LogP contribution >= 0.6 is 11.3 Å². The lowest BCUT2D eigenvalue weighted by Gasteiger charge is -1.99. The Balaban J connectivity index is 1.67. The monoisotopic (exact) mass is 374 g/mol. The number of hydrogen-bond donors (Lipinski definition) is 1. The molecule has 0 aliphatic rings. The number of aromatic nitrogens is 5. The highest BCUT2D eigenvalue weighted by Gasteiger charge is 2.11. The molecule has 0 unspecified atom stereocenters. The van der Waals surface area contributed by atoms with Crippen LogP contribution in [0.2, 0.25) is 0 Å². The molecule has 0 radical (unpaired) electrons. The fourth-order valence-corrected chi connectivity index (χ4v) is 2.94. The number of anilines is 1. The van der Waals surface area contributed by atoms with Gasteiger partial charge in [-0.05, 0) is 30.3 Å². The molecule has 0 fully saturated rings. The molecule has 27 heavy (non-hydrogen) atoms. The number of amides is 1. The van der Waals surface area contributed by atoms with Gasteiger partial charge in [0, 0.05) is 35.8 Å². The standard InChI is InChI=1S/C19H14N6OS/c26-17(22-19-23-21-13-27-19)9-8-15-12-25(16-6-2-1-3-7-16)24-18(15)14-5-4-10-20-11-14/h1-13H,(H,22,23,26)/b9-8+. The lowest BCUT2D eigenvalue weighted by molar-refractivity contribution is -0.111. The van der Waals surface area contributed by atoms with Gasteiger partial charge in [0.2, 0.25) is 11.0 Å². The van der Waals surface area contributed by atoms with Crippen LogP contribution in [0.1, 0.15) is 5.56 Å². The molecule has 0 atom stereocenters. The summed E-state index contributed by atoms with van der Waals surface area (Å²) in [6.07, 6.45) is 8.52. The first-order valence-electron chi connectivity index (χ1n) is 8.10. The Kier molecular flexibility index (Phi) is 4.80. The molecule has 4 rings (SSSR count). The first kappa shape index (κ1) is 16.8. The van der Waals surface area contributed by atoms with Crippen molar-refractivity contribution < 1.29 is 4.79 Å². The largest absolute Gasteiger partial charge is 0.297 e. The molecule has 3 heterocycles. The van der Waals surface area contributed by atoms with Gasteiger partial charge in [0.15, 0.2) is 0 Å². The number of carbonyl (C=O) groups excluding carboxylic acids is 1. The highest BCUT2D eigenvalue weighted by Crippen LogP contribution is 2.24. The van der Waals surface area contributed by atoms with Gasteiger partial charge < -0.3 is 0 Å². The second kappa shape index (κ2) is 7.71. The Morgan fingerprint density at radius 2 is 2.04 bits per heavy atom. The number of nitrogens with zero attached hydrogens (tertiary/aromatic N) is 5. The molecular weight excluding hydrogens is 360 g/mol. The summed E-state index contributed by atoms with van der Waals surface area (Å²) in [5.41, 5.74) is 4.91. The van der Waals surface area contributed by atoms with Gasteiger partial charge in [0.25, 0.3) is 0 Å². The van der Waals surface area contributed by atoms with Crippen LogP contribution in [0.4, 0.5) is 5.13 Å². The molecule has 132 valence electrons. The predicted octanol–water partition coefficient (Wildman–Crippen LogP) is 3.44. The zero-order valence-corrected chi connectivity index (χ0v) is 14.9. The van der Waals surface area contributed by atoms with E-state index in [9.17, 15) is 4.79 Å². The quantitative estimate of drug-likeness (QED) is 0.541. The highest BCUT2D eigenvalue weighted by atomic mass is 32.1. The van der Waals surface area contributed by atoms with E-state index in [-0.39, 0.29) is 5.91 Å². The molecule has 0 bridgehead atoms. The third-order valence-corrected chi connectivity index (χ3v) is 4.31. The molecule has 8 heteroatoms. The van der Waals surface area contributed by atoms with Gasteiger partial charge >= 0.3 is 0 Å². The summed E-state index contributed by atoms with van der Waals surface area (Å²) in [5.74, 6) is -0.281. The normalized spacial score (nSPS) is 11.0. The van der Waals surface area contributed by atoms with E-state index in [1.807, 2.05) is 48.7 Å². The minimum absolute atomic E-state index is 0.281. The third kappa shape index (κ3) is 3.96. The van der Waals surface area contributed by atoms with Crippen molar-refractivity contribution in [2.45, 2.75) is 0 Å². The van der Waals surface area contributed by atoms with Crippen LogP contribution in [0.3, 0.4) is 0 Å². The summed E-state index contributed by atoms with van der Waals surface area (Å²) in [7, 11) is 0. The molecule has 0 saturated carbocycles. The maximum absolute atomic E-state index is 12.1. The molecule has 1 amide bonds. The number of rotatable bonds is 5. The van der Waals surface area contributed by atoms with Crippen molar-refractivity contribution in [2.75, 3.05) is 5.32 Å². The summed E-state index contributed by atoms with van der Waals surface area (Å²) in [6, 6.07) is 13.6. The van der Waals surface area contributed by atoms with Crippen molar-refractivity contribution in [2.24, 2.45) is 0 Å². The number of hydrogen-bond acceptors (Lipinski definition) is 6. The number of benzene rings is 1. The van der Waals surface area contributed by atoms with E-state index in [2.05, 4.69) is 25.6 Å². The van der Waals surface area contributed by atoms with E-state index >= 15 is 0 Å². The molecular formula is C19H14N6OS. The van der Waals surface area contributed by atoms with Crippen molar-refractivity contribution >= 4 is 28.5 Å². The molecule has 0 aliphatic carbocycles. The first-order chi connectivity index (χ1) is 13.3. The number of para-hydroxylation sites is 1. The van der Waals surface area contributed by atoms with Crippen LogP contribution in [0.5, 0.6) is 0 Å². The lowest BCUT2D eigenvalue weighted by atomic mass is 10.1. The molecule has 3 aromatic heterocycles. The van der Waals surface area contributed by atoms with Crippen molar-refractivity contribution in [3.63, 3.8) is 0 Å². The fourth-order valence-electron chi connectivity index (χ4n) is 2.49. The van der Waals surface area contributed by atoms with Crippen LogP contribution in [0, 0.1) is 0 Å². The number of carbonyl (C=O) groups is 1. The van der Waals surface area contributed by atoms with Gasteiger partial charge in [0.1, 0.15) is 11.2 Å². The topological polar surface area (TPSA) is 85.6 Å². The second-order valence-electron chi connectivity index (χ2n) is 5.52. The average Bonchev–Trinajstić information content (AvgIpc) is 3.37. The highest BCUT2D eigenvalue weighted by molar-refractivity contribution is 7.13. The van der Waals surface area contributed by atoms with Gasteiger partial charge in [-0.2, -0.15) is 5.10 Å². The molecule has 0 saturated heterocycles.